The van der Waals surface area contributed by atoms with Crippen molar-refractivity contribution in [1.82, 2.24) is 9.62 Å². The molecule has 1 heterocycles. The van der Waals surface area contributed by atoms with Crippen molar-refractivity contribution in [3.63, 3.8) is 0 Å². The molecule has 6 nitrogen and oxygen atoms in total. The zero-order valence-corrected chi connectivity index (χ0v) is 15.6. The van der Waals surface area contributed by atoms with Crippen LogP contribution < -0.4 is 11.1 Å². The first-order chi connectivity index (χ1) is 9.66. The first-order valence-corrected chi connectivity index (χ1v) is 9.27. The molecule has 0 aromatic rings. The van der Waals surface area contributed by atoms with Crippen LogP contribution in [-0.4, -0.2) is 49.6 Å². The van der Waals surface area contributed by atoms with Crippen molar-refractivity contribution in [1.29, 1.82) is 0 Å². The molecule has 1 aliphatic rings. The molecule has 22 heavy (non-hydrogen) atoms. The Morgan fingerprint density at radius 3 is 2.23 bits per heavy atom. The smallest absolute Gasteiger partial charge is 0.223 e. The third-order valence-electron chi connectivity index (χ3n) is 4.69. The number of carbonyl (C=O) groups excluding carboxylic acids is 1. The van der Waals surface area contributed by atoms with Crippen molar-refractivity contribution < 1.29 is 13.2 Å². The monoisotopic (exact) mass is 355 g/mol. The van der Waals surface area contributed by atoms with Gasteiger partial charge in [0.25, 0.3) is 0 Å². The second-order valence-corrected chi connectivity index (χ2v) is 8.60. The average molecular weight is 356 g/mol. The van der Waals surface area contributed by atoms with Crippen molar-refractivity contribution >= 4 is 28.3 Å². The Labute approximate surface area is 140 Å². The molecule has 1 unspecified atom stereocenters. The van der Waals surface area contributed by atoms with Crippen LogP contribution in [0.1, 0.15) is 40.5 Å². The molecule has 8 heteroatoms. The minimum Gasteiger partial charge on any atom is -0.349 e. The third-order valence-corrected chi connectivity index (χ3v) is 6.57. The molecule has 0 aromatic heterocycles. The summed E-state index contributed by atoms with van der Waals surface area (Å²) in [6.45, 7) is 8.90. The molecular weight excluding hydrogens is 326 g/mol. The van der Waals surface area contributed by atoms with E-state index >= 15 is 0 Å². The number of sulfonamides is 1. The van der Waals surface area contributed by atoms with E-state index in [2.05, 4.69) is 5.32 Å². The summed E-state index contributed by atoms with van der Waals surface area (Å²) in [4.78, 5) is 12.4. The van der Waals surface area contributed by atoms with Gasteiger partial charge in [0, 0.05) is 25.6 Å². The summed E-state index contributed by atoms with van der Waals surface area (Å²) in [6.07, 6.45) is 1.15. The van der Waals surface area contributed by atoms with Crippen LogP contribution in [0.4, 0.5) is 0 Å². The number of halogens is 1. The molecule has 0 aromatic carbocycles. The Balaban J connectivity index is 0.00000441. The van der Waals surface area contributed by atoms with Gasteiger partial charge in [-0.3, -0.25) is 4.79 Å². The summed E-state index contributed by atoms with van der Waals surface area (Å²) in [5.74, 6) is 0.220. The van der Waals surface area contributed by atoms with Gasteiger partial charge >= 0.3 is 0 Å². The summed E-state index contributed by atoms with van der Waals surface area (Å²) < 4.78 is 25.1. The minimum atomic E-state index is -3.14. The number of nitrogens with zero attached hydrogens (tertiary/aromatic N) is 1. The fourth-order valence-corrected chi connectivity index (χ4v) is 3.53. The van der Waals surface area contributed by atoms with Crippen LogP contribution in [0, 0.1) is 11.8 Å². The SMILES string of the molecule is CCS(=O)(=O)N1CCC(C(=O)NC(C)(CN)C(C)C)CC1.Cl. The molecule has 0 bridgehead atoms. The van der Waals surface area contributed by atoms with Crippen molar-refractivity contribution in [2.24, 2.45) is 17.6 Å². The largest absolute Gasteiger partial charge is 0.349 e. The summed E-state index contributed by atoms with van der Waals surface area (Å²) in [5, 5.41) is 3.05. The highest BCUT2D eigenvalue weighted by molar-refractivity contribution is 7.89. The van der Waals surface area contributed by atoms with Gasteiger partial charge in [-0.15, -0.1) is 12.4 Å². The number of hydrogen-bond acceptors (Lipinski definition) is 4. The van der Waals surface area contributed by atoms with Crippen molar-refractivity contribution in [2.45, 2.75) is 46.1 Å². The Morgan fingerprint density at radius 1 is 1.36 bits per heavy atom. The van der Waals surface area contributed by atoms with E-state index in [0.29, 0.717) is 32.5 Å². The van der Waals surface area contributed by atoms with Gasteiger partial charge in [0.1, 0.15) is 0 Å². The molecule has 0 saturated carbocycles. The standard InChI is InChI=1S/C14H29N3O3S.ClH/c1-5-21(19,20)17-8-6-12(7-9-17)13(18)16-14(4,10-15)11(2)3;/h11-12H,5-10,15H2,1-4H3,(H,16,18);1H. The lowest BCUT2D eigenvalue weighted by atomic mass is 9.87. The van der Waals surface area contributed by atoms with Gasteiger partial charge in [-0.25, -0.2) is 12.7 Å². The zero-order chi connectivity index (χ0) is 16.3. The fraction of sp³-hybridized carbons (Fsp3) is 0.929. The maximum Gasteiger partial charge on any atom is 0.223 e. The van der Waals surface area contributed by atoms with Gasteiger partial charge in [-0.05, 0) is 32.6 Å². The van der Waals surface area contributed by atoms with Crippen LogP contribution in [-0.2, 0) is 14.8 Å². The first kappa shape index (κ1) is 21.6. The molecule has 1 amide bonds. The van der Waals surface area contributed by atoms with E-state index in [1.54, 1.807) is 6.92 Å². The molecule has 1 atom stereocenters. The fourth-order valence-electron chi connectivity index (χ4n) is 2.39. The van der Waals surface area contributed by atoms with E-state index in [0.717, 1.165) is 0 Å². The van der Waals surface area contributed by atoms with Crippen molar-refractivity contribution in [3.8, 4) is 0 Å². The van der Waals surface area contributed by atoms with Gasteiger partial charge in [-0.2, -0.15) is 0 Å². The number of amides is 1. The molecule has 1 aliphatic heterocycles. The van der Waals surface area contributed by atoms with Gasteiger partial charge in [-0.1, -0.05) is 13.8 Å². The highest BCUT2D eigenvalue weighted by Gasteiger charge is 2.34. The predicted octanol–water partition coefficient (Wildman–Crippen LogP) is 0.960. The van der Waals surface area contributed by atoms with Crippen LogP contribution in [0.2, 0.25) is 0 Å². The molecule has 1 saturated heterocycles. The normalized spacial score (nSPS) is 20.3. The van der Waals surface area contributed by atoms with E-state index in [1.807, 2.05) is 20.8 Å². The molecule has 0 aliphatic carbocycles. The number of nitrogens with one attached hydrogen (secondary N) is 1. The molecule has 1 fully saturated rings. The second-order valence-electron chi connectivity index (χ2n) is 6.34. The summed E-state index contributed by atoms with van der Waals surface area (Å²) in [7, 11) is -3.14. The lowest BCUT2D eigenvalue weighted by Crippen LogP contribution is -2.57. The zero-order valence-electron chi connectivity index (χ0n) is 14.0. The minimum absolute atomic E-state index is 0. The average Bonchev–Trinajstić information content (AvgIpc) is 2.46. The van der Waals surface area contributed by atoms with Crippen LogP contribution >= 0.6 is 12.4 Å². The van der Waals surface area contributed by atoms with Crippen molar-refractivity contribution in [3.05, 3.63) is 0 Å². The van der Waals surface area contributed by atoms with E-state index in [9.17, 15) is 13.2 Å². The van der Waals surface area contributed by atoms with E-state index < -0.39 is 15.6 Å². The second kappa shape index (κ2) is 8.47. The van der Waals surface area contributed by atoms with Gasteiger partial charge < -0.3 is 11.1 Å². The van der Waals surface area contributed by atoms with Crippen LogP contribution in [0.15, 0.2) is 0 Å². The first-order valence-electron chi connectivity index (χ1n) is 7.66. The maximum atomic E-state index is 12.4. The quantitative estimate of drug-likeness (QED) is 0.742. The molecule has 132 valence electrons. The molecule has 0 spiro atoms. The molecule has 0 radical (unpaired) electrons. The molecular formula is C14H30ClN3O3S. The molecule has 3 N–H and O–H groups in total. The topological polar surface area (TPSA) is 92.5 Å². The Kier molecular flexibility index (Phi) is 8.33. The number of carbonyl (C=O) groups is 1. The summed E-state index contributed by atoms with van der Waals surface area (Å²) in [6, 6.07) is 0. The van der Waals surface area contributed by atoms with Crippen molar-refractivity contribution in [2.75, 3.05) is 25.4 Å². The lowest BCUT2D eigenvalue weighted by molar-refractivity contribution is -0.128. The van der Waals surface area contributed by atoms with Gasteiger partial charge in [0.15, 0.2) is 0 Å². The number of piperidine rings is 1. The lowest BCUT2D eigenvalue weighted by Gasteiger charge is -2.37. The Hall–Kier alpha value is -0.370. The molecule has 1 rings (SSSR count). The highest BCUT2D eigenvalue weighted by atomic mass is 35.5. The Bertz CT molecular complexity index is 462. The highest BCUT2D eigenvalue weighted by Crippen LogP contribution is 2.22. The van der Waals surface area contributed by atoms with E-state index in [4.69, 9.17) is 5.73 Å². The third kappa shape index (κ3) is 5.08. The van der Waals surface area contributed by atoms with Crippen LogP contribution in [0.25, 0.3) is 0 Å². The number of nitrogens with two attached hydrogens (primary N) is 1. The van der Waals surface area contributed by atoms with E-state index in [-0.39, 0.29) is 35.9 Å². The van der Waals surface area contributed by atoms with Gasteiger partial charge in [0.05, 0.1) is 11.3 Å². The summed E-state index contributed by atoms with van der Waals surface area (Å²) >= 11 is 0. The van der Waals surface area contributed by atoms with E-state index in [1.165, 1.54) is 4.31 Å². The van der Waals surface area contributed by atoms with Crippen LogP contribution in [0.5, 0.6) is 0 Å². The predicted molar refractivity (Wildman–Crippen MR) is 91.4 cm³/mol. The number of hydrogen-bond donors (Lipinski definition) is 2. The Morgan fingerprint density at radius 2 is 1.86 bits per heavy atom. The summed E-state index contributed by atoms with van der Waals surface area (Å²) in [5.41, 5.74) is 5.37. The van der Waals surface area contributed by atoms with Gasteiger partial charge in [0.2, 0.25) is 15.9 Å². The van der Waals surface area contributed by atoms with Crippen LogP contribution in [0.3, 0.4) is 0 Å². The maximum absolute atomic E-state index is 12.4. The number of rotatable bonds is 6.